The maximum absolute atomic E-state index is 12.8. The monoisotopic (exact) mass is 441 g/mol. The zero-order valence-electron chi connectivity index (χ0n) is 20.3. The topological polar surface area (TPSA) is 36.0 Å². The predicted octanol–water partition coefficient (Wildman–Crippen LogP) is 5.50. The fraction of sp³-hybridized carbons (Fsp3) is 0.741. The van der Waals surface area contributed by atoms with Gasteiger partial charge >= 0.3 is 6.03 Å². The van der Waals surface area contributed by atoms with E-state index in [1.807, 2.05) is 0 Å². The lowest BCUT2D eigenvalue weighted by Crippen LogP contribution is -2.40. The van der Waals surface area contributed by atoms with Gasteiger partial charge in [-0.3, -0.25) is 0 Å². The number of hydrogen-bond donors (Lipinski definition) is 0. The Labute approximate surface area is 195 Å². The molecule has 2 saturated heterocycles. The second-order valence-electron chi connectivity index (χ2n) is 10.3. The molecule has 1 saturated carbocycles. The van der Waals surface area contributed by atoms with E-state index in [4.69, 9.17) is 4.74 Å². The summed E-state index contributed by atoms with van der Waals surface area (Å²) in [6.45, 7) is 10.5. The number of benzene rings is 1. The molecule has 1 aromatic rings. The van der Waals surface area contributed by atoms with Crippen LogP contribution in [0, 0.1) is 0 Å². The SMILES string of the molecule is CC(C)Oc1ccccc1C1CCN(CCCCN2CCN(C3CCCCC3)C2=O)CC1. The number of unbranched alkanes of at least 4 members (excludes halogenated alkanes) is 1. The minimum Gasteiger partial charge on any atom is -0.491 e. The van der Waals surface area contributed by atoms with Gasteiger partial charge in [-0.1, -0.05) is 37.5 Å². The molecule has 1 aliphatic carbocycles. The van der Waals surface area contributed by atoms with Crippen molar-refractivity contribution < 1.29 is 9.53 Å². The van der Waals surface area contributed by atoms with Crippen LogP contribution >= 0.6 is 0 Å². The van der Waals surface area contributed by atoms with Crippen LogP contribution in [0.25, 0.3) is 0 Å². The van der Waals surface area contributed by atoms with Crippen molar-refractivity contribution in [2.24, 2.45) is 0 Å². The Kier molecular flexibility index (Phi) is 8.34. The Balaban J connectivity index is 1.15. The maximum Gasteiger partial charge on any atom is 0.320 e. The smallest absolute Gasteiger partial charge is 0.320 e. The summed E-state index contributed by atoms with van der Waals surface area (Å²) in [5, 5.41) is 0. The summed E-state index contributed by atoms with van der Waals surface area (Å²) in [5.41, 5.74) is 1.39. The van der Waals surface area contributed by atoms with Crippen molar-refractivity contribution >= 4 is 6.03 Å². The van der Waals surface area contributed by atoms with E-state index in [2.05, 4.69) is 52.8 Å². The zero-order valence-corrected chi connectivity index (χ0v) is 20.3. The molecule has 2 heterocycles. The summed E-state index contributed by atoms with van der Waals surface area (Å²) in [4.78, 5) is 19.7. The lowest BCUT2D eigenvalue weighted by molar-refractivity contribution is 0.161. The van der Waals surface area contributed by atoms with E-state index >= 15 is 0 Å². The summed E-state index contributed by atoms with van der Waals surface area (Å²) in [6, 6.07) is 9.41. The van der Waals surface area contributed by atoms with Crippen molar-refractivity contribution in [2.75, 3.05) is 39.3 Å². The average molecular weight is 442 g/mol. The van der Waals surface area contributed by atoms with Crippen LogP contribution in [0.15, 0.2) is 24.3 Å². The van der Waals surface area contributed by atoms with Crippen LogP contribution in [0.5, 0.6) is 5.75 Å². The Hall–Kier alpha value is -1.75. The van der Waals surface area contributed by atoms with Crippen molar-refractivity contribution in [3.8, 4) is 5.75 Å². The van der Waals surface area contributed by atoms with E-state index in [-0.39, 0.29) is 6.10 Å². The maximum atomic E-state index is 12.8. The van der Waals surface area contributed by atoms with Crippen molar-refractivity contribution in [3.63, 3.8) is 0 Å². The molecule has 5 heteroatoms. The molecule has 0 unspecified atom stereocenters. The Bertz CT molecular complexity index is 723. The van der Waals surface area contributed by atoms with Crippen molar-refractivity contribution in [1.29, 1.82) is 0 Å². The van der Waals surface area contributed by atoms with Crippen molar-refractivity contribution in [1.82, 2.24) is 14.7 Å². The number of rotatable bonds is 9. The summed E-state index contributed by atoms with van der Waals surface area (Å²) < 4.78 is 6.06. The highest BCUT2D eigenvalue weighted by Crippen LogP contribution is 2.34. The van der Waals surface area contributed by atoms with Gasteiger partial charge in [-0.2, -0.15) is 0 Å². The third kappa shape index (κ3) is 5.98. The number of amides is 2. The lowest BCUT2D eigenvalue weighted by Gasteiger charge is -2.33. The zero-order chi connectivity index (χ0) is 22.3. The highest BCUT2D eigenvalue weighted by molar-refractivity contribution is 5.76. The largest absolute Gasteiger partial charge is 0.491 e. The average Bonchev–Trinajstić information content (AvgIpc) is 3.18. The van der Waals surface area contributed by atoms with E-state index in [0.29, 0.717) is 18.0 Å². The number of urea groups is 1. The van der Waals surface area contributed by atoms with Gasteiger partial charge < -0.3 is 19.4 Å². The molecule has 5 nitrogen and oxygen atoms in total. The van der Waals surface area contributed by atoms with Gasteiger partial charge in [0.2, 0.25) is 0 Å². The van der Waals surface area contributed by atoms with Crippen LogP contribution in [0.3, 0.4) is 0 Å². The minimum atomic E-state index is 0.216. The number of hydrogen-bond acceptors (Lipinski definition) is 3. The van der Waals surface area contributed by atoms with E-state index in [1.54, 1.807) is 0 Å². The molecule has 2 aliphatic heterocycles. The quantitative estimate of drug-likeness (QED) is 0.475. The van der Waals surface area contributed by atoms with Gasteiger partial charge in [0.25, 0.3) is 0 Å². The molecule has 2 amide bonds. The number of piperidine rings is 1. The first kappa shape index (κ1) is 23.4. The number of carbonyl (C=O) groups is 1. The first-order chi connectivity index (χ1) is 15.6. The molecule has 0 radical (unpaired) electrons. The molecule has 4 rings (SSSR count). The molecular formula is C27H43N3O2. The summed E-state index contributed by atoms with van der Waals surface area (Å²) in [6.07, 6.45) is 11.3. The first-order valence-corrected chi connectivity index (χ1v) is 13.2. The van der Waals surface area contributed by atoms with Crippen LogP contribution in [0.1, 0.15) is 83.1 Å². The Morgan fingerprint density at radius 3 is 2.38 bits per heavy atom. The molecule has 3 aliphatic rings. The highest BCUT2D eigenvalue weighted by atomic mass is 16.5. The molecule has 0 N–H and O–H groups in total. The van der Waals surface area contributed by atoms with Gasteiger partial charge in [0.05, 0.1) is 6.10 Å². The normalized spacial score (nSPS) is 21.7. The standard InChI is InChI=1S/C27H43N3O2/c1-22(2)32-26-13-7-6-12-25(26)23-14-18-28(19-15-23)16-8-9-17-29-20-21-30(27(29)31)24-10-4-3-5-11-24/h6-7,12-13,22-24H,3-5,8-11,14-21H2,1-2H3. The number of carbonyl (C=O) groups excluding carboxylic acids is 1. The van der Waals surface area contributed by atoms with Crippen LogP contribution in [-0.2, 0) is 0 Å². The van der Waals surface area contributed by atoms with E-state index in [1.165, 1.54) is 70.0 Å². The molecule has 0 spiro atoms. The van der Waals surface area contributed by atoms with E-state index < -0.39 is 0 Å². The molecule has 32 heavy (non-hydrogen) atoms. The van der Waals surface area contributed by atoms with Gasteiger partial charge in [-0.05, 0) is 89.6 Å². The molecule has 0 bridgehead atoms. The van der Waals surface area contributed by atoms with Crippen LogP contribution in [-0.4, -0.2) is 72.1 Å². The second kappa shape index (κ2) is 11.4. The second-order valence-corrected chi connectivity index (χ2v) is 10.3. The summed E-state index contributed by atoms with van der Waals surface area (Å²) in [7, 11) is 0. The molecule has 0 atom stereocenters. The number of para-hydroxylation sites is 1. The van der Waals surface area contributed by atoms with Gasteiger partial charge in [-0.15, -0.1) is 0 Å². The summed E-state index contributed by atoms with van der Waals surface area (Å²) in [5.74, 6) is 1.67. The van der Waals surface area contributed by atoms with Gasteiger partial charge in [0.15, 0.2) is 0 Å². The fourth-order valence-electron chi connectivity index (χ4n) is 5.83. The van der Waals surface area contributed by atoms with Gasteiger partial charge in [0, 0.05) is 25.7 Å². The van der Waals surface area contributed by atoms with Crippen molar-refractivity contribution in [2.45, 2.75) is 89.7 Å². The molecule has 3 fully saturated rings. The van der Waals surface area contributed by atoms with Crippen LogP contribution in [0.2, 0.25) is 0 Å². The molecule has 1 aromatic carbocycles. The van der Waals surface area contributed by atoms with E-state index in [0.717, 1.165) is 38.3 Å². The Morgan fingerprint density at radius 2 is 1.62 bits per heavy atom. The highest BCUT2D eigenvalue weighted by Gasteiger charge is 2.33. The van der Waals surface area contributed by atoms with E-state index in [9.17, 15) is 4.79 Å². The Morgan fingerprint density at radius 1 is 0.906 bits per heavy atom. The number of nitrogens with zero attached hydrogens (tertiary/aromatic N) is 3. The molecular weight excluding hydrogens is 398 g/mol. The number of ether oxygens (including phenoxy) is 1. The van der Waals surface area contributed by atoms with Crippen molar-refractivity contribution in [3.05, 3.63) is 29.8 Å². The number of likely N-dealkylation sites (tertiary alicyclic amines) is 1. The first-order valence-electron chi connectivity index (χ1n) is 13.2. The fourth-order valence-corrected chi connectivity index (χ4v) is 5.83. The third-order valence-electron chi connectivity index (χ3n) is 7.60. The third-order valence-corrected chi connectivity index (χ3v) is 7.60. The van der Waals surface area contributed by atoms with Gasteiger partial charge in [-0.25, -0.2) is 4.79 Å². The van der Waals surface area contributed by atoms with Gasteiger partial charge in [0.1, 0.15) is 5.75 Å². The lowest BCUT2D eigenvalue weighted by atomic mass is 9.88. The minimum absolute atomic E-state index is 0.216. The predicted molar refractivity (Wildman–Crippen MR) is 130 cm³/mol. The molecule has 0 aromatic heterocycles. The van der Waals surface area contributed by atoms with Crippen LogP contribution < -0.4 is 4.74 Å². The van der Waals surface area contributed by atoms with Crippen LogP contribution in [0.4, 0.5) is 4.79 Å². The molecule has 178 valence electrons. The summed E-state index contributed by atoms with van der Waals surface area (Å²) >= 11 is 0.